The number of nitrogens with two attached hydrogens (primary N) is 1. The Labute approximate surface area is 117 Å². The summed E-state index contributed by atoms with van der Waals surface area (Å²) in [5, 5.41) is 2.08. The van der Waals surface area contributed by atoms with Crippen LogP contribution in [0, 0.1) is 11.8 Å². The largest absolute Gasteiger partial charge is 0.327 e. The van der Waals surface area contributed by atoms with Crippen LogP contribution in [0.25, 0.3) is 4.96 Å². The van der Waals surface area contributed by atoms with E-state index < -0.39 is 0 Å². The number of rotatable bonds is 2. The number of hydrogen-bond donors (Lipinski definition) is 1. The van der Waals surface area contributed by atoms with Gasteiger partial charge in [0.2, 0.25) is 0 Å². The molecule has 2 aromatic rings. The molecule has 0 radical (unpaired) electrons. The molecule has 4 rings (SSSR count). The maximum atomic E-state index is 6.28. The van der Waals surface area contributed by atoms with E-state index in [1.165, 1.54) is 31.5 Å². The van der Waals surface area contributed by atoms with Crippen LogP contribution in [0.3, 0.4) is 0 Å². The van der Waals surface area contributed by atoms with Gasteiger partial charge in [0.05, 0.1) is 5.69 Å². The van der Waals surface area contributed by atoms with Crippen molar-refractivity contribution in [1.29, 1.82) is 0 Å². The van der Waals surface area contributed by atoms with Crippen LogP contribution in [0.4, 0.5) is 0 Å². The van der Waals surface area contributed by atoms with E-state index in [0.717, 1.165) is 29.9 Å². The molecule has 2 fully saturated rings. The van der Waals surface area contributed by atoms with Gasteiger partial charge in [0.25, 0.3) is 0 Å². The molecule has 0 aromatic carbocycles. The van der Waals surface area contributed by atoms with Crippen molar-refractivity contribution in [3.63, 3.8) is 0 Å². The molecule has 102 valence electrons. The summed E-state index contributed by atoms with van der Waals surface area (Å²) in [6, 6.07) is 0.425. The van der Waals surface area contributed by atoms with Crippen LogP contribution in [0.5, 0.6) is 0 Å². The number of likely N-dealkylation sites (tertiary alicyclic amines) is 1. The number of thiazole rings is 1. The van der Waals surface area contributed by atoms with Crippen molar-refractivity contribution in [1.82, 2.24) is 14.3 Å². The lowest BCUT2D eigenvalue weighted by Gasteiger charge is -2.29. The zero-order valence-corrected chi connectivity index (χ0v) is 11.9. The van der Waals surface area contributed by atoms with Crippen molar-refractivity contribution in [3.05, 3.63) is 23.5 Å². The fourth-order valence-corrected chi connectivity index (χ4v) is 4.54. The zero-order valence-electron chi connectivity index (χ0n) is 11.0. The highest BCUT2D eigenvalue weighted by atomic mass is 32.1. The summed E-state index contributed by atoms with van der Waals surface area (Å²) >= 11 is 1.70. The first-order valence-electron chi connectivity index (χ1n) is 7.18. The van der Waals surface area contributed by atoms with Gasteiger partial charge in [-0.25, -0.2) is 4.98 Å². The summed E-state index contributed by atoms with van der Waals surface area (Å²) in [6.07, 6.45) is 8.14. The molecular formula is C14H20N4S. The van der Waals surface area contributed by atoms with Gasteiger partial charge in [-0.05, 0) is 24.7 Å². The zero-order chi connectivity index (χ0) is 12.8. The van der Waals surface area contributed by atoms with E-state index in [0.29, 0.717) is 6.04 Å². The third-order valence-electron chi connectivity index (χ3n) is 4.76. The first-order valence-corrected chi connectivity index (χ1v) is 8.06. The topological polar surface area (TPSA) is 46.6 Å². The summed E-state index contributed by atoms with van der Waals surface area (Å²) in [5.74, 6) is 1.55. The fraction of sp³-hybridized carbons (Fsp3) is 0.643. The third-order valence-corrected chi connectivity index (χ3v) is 5.53. The van der Waals surface area contributed by atoms with Gasteiger partial charge in [-0.3, -0.25) is 9.30 Å². The molecule has 5 heteroatoms. The molecule has 4 nitrogen and oxygen atoms in total. The number of aromatic nitrogens is 2. The fourth-order valence-electron chi connectivity index (χ4n) is 3.82. The van der Waals surface area contributed by atoms with Crippen molar-refractivity contribution in [2.24, 2.45) is 17.6 Å². The highest BCUT2D eigenvalue weighted by molar-refractivity contribution is 7.15. The molecule has 2 N–H and O–H groups in total. The SMILES string of the molecule is NC1CCCC2CN(Cc3cn4ccsc4n3)CC12. The lowest BCUT2D eigenvalue weighted by molar-refractivity contribution is 0.259. The minimum Gasteiger partial charge on any atom is -0.327 e. The highest BCUT2D eigenvalue weighted by Crippen LogP contribution is 2.36. The minimum atomic E-state index is 0.425. The first kappa shape index (κ1) is 11.9. The Morgan fingerprint density at radius 3 is 3.16 bits per heavy atom. The van der Waals surface area contributed by atoms with Crippen LogP contribution in [-0.4, -0.2) is 33.4 Å². The Bertz CT molecular complexity index is 546. The molecule has 19 heavy (non-hydrogen) atoms. The maximum absolute atomic E-state index is 6.28. The predicted molar refractivity (Wildman–Crippen MR) is 77.2 cm³/mol. The van der Waals surface area contributed by atoms with Gasteiger partial charge < -0.3 is 5.73 Å². The highest BCUT2D eigenvalue weighted by Gasteiger charge is 2.38. The van der Waals surface area contributed by atoms with E-state index in [1.807, 2.05) is 0 Å². The number of imidazole rings is 1. The Balaban J connectivity index is 1.47. The molecule has 3 atom stereocenters. The molecule has 1 aliphatic heterocycles. The lowest BCUT2D eigenvalue weighted by Crippen LogP contribution is -2.38. The molecule has 1 saturated heterocycles. The normalized spacial score (nSPS) is 31.9. The van der Waals surface area contributed by atoms with Gasteiger partial charge in [0, 0.05) is 43.4 Å². The maximum Gasteiger partial charge on any atom is 0.193 e. The van der Waals surface area contributed by atoms with Crippen molar-refractivity contribution in [3.8, 4) is 0 Å². The van der Waals surface area contributed by atoms with Crippen LogP contribution < -0.4 is 5.73 Å². The summed E-state index contributed by atoms with van der Waals surface area (Å²) in [4.78, 5) is 8.33. The second-order valence-corrected chi connectivity index (χ2v) is 6.91. The summed E-state index contributed by atoms with van der Waals surface area (Å²) < 4.78 is 2.12. The van der Waals surface area contributed by atoms with Crippen LogP contribution in [0.15, 0.2) is 17.8 Å². The van der Waals surface area contributed by atoms with Gasteiger partial charge >= 0.3 is 0 Å². The van der Waals surface area contributed by atoms with Crippen LogP contribution in [0.1, 0.15) is 25.0 Å². The number of fused-ring (bicyclic) bond motifs is 2. The molecule has 0 spiro atoms. The first-order chi connectivity index (χ1) is 9.29. The van der Waals surface area contributed by atoms with E-state index >= 15 is 0 Å². The quantitative estimate of drug-likeness (QED) is 0.912. The average molecular weight is 276 g/mol. The summed E-state index contributed by atoms with van der Waals surface area (Å²) in [6.45, 7) is 3.36. The van der Waals surface area contributed by atoms with Gasteiger partial charge in [-0.1, -0.05) is 6.42 Å². The van der Waals surface area contributed by atoms with Crippen molar-refractivity contribution in [2.75, 3.05) is 13.1 Å². The van der Waals surface area contributed by atoms with Gasteiger partial charge in [-0.15, -0.1) is 11.3 Å². The van der Waals surface area contributed by atoms with E-state index in [2.05, 4.69) is 32.1 Å². The predicted octanol–water partition coefficient (Wildman–Crippen LogP) is 1.95. The average Bonchev–Trinajstić information content (AvgIpc) is 3.03. The molecule has 1 aliphatic carbocycles. The van der Waals surface area contributed by atoms with Crippen molar-refractivity contribution in [2.45, 2.75) is 31.8 Å². The Morgan fingerprint density at radius 2 is 2.32 bits per heavy atom. The number of hydrogen-bond acceptors (Lipinski definition) is 4. The summed E-state index contributed by atoms with van der Waals surface area (Å²) in [5.41, 5.74) is 7.47. The molecule has 2 aliphatic rings. The molecule has 1 saturated carbocycles. The van der Waals surface area contributed by atoms with E-state index in [4.69, 9.17) is 5.73 Å². The lowest BCUT2D eigenvalue weighted by atomic mass is 9.78. The summed E-state index contributed by atoms with van der Waals surface area (Å²) in [7, 11) is 0. The van der Waals surface area contributed by atoms with E-state index in [-0.39, 0.29) is 0 Å². The van der Waals surface area contributed by atoms with Crippen molar-refractivity contribution < 1.29 is 0 Å². The van der Waals surface area contributed by atoms with Crippen LogP contribution in [-0.2, 0) is 6.54 Å². The Hall–Kier alpha value is -0.910. The molecular weight excluding hydrogens is 256 g/mol. The minimum absolute atomic E-state index is 0.425. The second-order valence-electron chi connectivity index (χ2n) is 6.04. The molecule has 0 amide bonds. The van der Waals surface area contributed by atoms with Crippen LogP contribution >= 0.6 is 11.3 Å². The smallest absolute Gasteiger partial charge is 0.193 e. The third kappa shape index (κ3) is 2.10. The molecule has 0 bridgehead atoms. The molecule has 2 aromatic heterocycles. The second kappa shape index (κ2) is 4.58. The standard InChI is InChI=1S/C14H20N4S/c15-13-3-1-2-10-6-17(9-12(10)13)7-11-8-18-4-5-19-14(18)16-11/h4-5,8,10,12-13H,1-3,6-7,9,15H2. The van der Waals surface area contributed by atoms with Gasteiger partial charge in [0.1, 0.15) is 0 Å². The van der Waals surface area contributed by atoms with Crippen LogP contribution in [0.2, 0.25) is 0 Å². The van der Waals surface area contributed by atoms with Crippen molar-refractivity contribution >= 4 is 16.3 Å². The Kier molecular flexibility index (Phi) is 2.86. The number of nitrogens with zero attached hydrogens (tertiary/aromatic N) is 3. The molecule has 3 heterocycles. The molecule has 3 unspecified atom stereocenters. The monoisotopic (exact) mass is 276 g/mol. The van der Waals surface area contributed by atoms with E-state index in [9.17, 15) is 0 Å². The van der Waals surface area contributed by atoms with E-state index in [1.54, 1.807) is 11.3 Å². The van der Waals surface area contributed by atoms with Gasteiger partial charge in [-0.2, -0.15) is 0 Å². The van der Waals surface area contributed by atoms with Gasteiger partial charge in [0.15, 0.2) is 4.96 Å². The Morgan fingerprint density at radius 1 is 1.37 bits per heavy atom.